The molecule has 0 aliphatic carbocycles. The van der Waals surface area contributed by atoms with Gasteiger partial charge in [-0.25, -0.2) is 4.79 Å². The summed E-state index contributed by atoms with van der Waals surface area (Å²) < 4.78 is 38.2. The maximum Gasteiger partial charge on any atom is 0.416 e. The number of hydrogen-bond acceptors (Lipinski definition) is 1. The van der Waals surface area contributed by atoms with Gasteiger partial charge in [0.2, 0.25) is 0 Å². The molecule has 2 aromatic rings. The number of aryl methyl sites for hydroxylation is 1. The van der Waals surface area contributed by atoms with Gasteiger partial charge in [-0.2, -0.15) is 13.2 Å². The zero-order valence-corrected chi connectivity index (χ0v) is 13.8. The van der Waals surface area contributed by atoms with Crippen molar-refractivity contribution in [1.82, 2.24) is 5.32 Å². The van der Waals surface area contributed by atoms with Gasteiger partial charge in [-0.15, -0.1) is 0 Å². The summed E-state index contributed by atoms with van der Waals surface area (Å²) >= 11 is 5.85. The van der Waals surface area contributed by atoms with Gasteiger partial charge in [0.25, 0.3) is 0 Å². The van der Waals surface area contributed by atoms with Gasteiger partial charge in [-0.1, -0.05) is 41.4 Å². The average Bonchev–Trinajstić information content (AvgIpc) is 2.48. The topological polar surface area (TPSA) is 41.1 Å². The summed E-state index contributed by atoms with van der Waals surface area (Å²) in [4.78, 5) is 12.0. The minimum atomic E-state index is -4.51. The number of carbonyl (C=O) groups excluding carboxylic acids is 1. The van der Waals surface area contributed by atoms with Crippen LogP contribution in [0.4, 0.5) is 23.7 Å². The number of nitrogens with one attached hydrogen (secondary N) is 2. The van der Waals surface area contributed by atoms with Crippen LogP contribution in [0.15, 0.2) is 42.5 Å². The molecule has 2 N–H and O–H groups in total. The van der Waals surface area contributed by atoms with E-state index in [-0.39, 0.29) is 16.8 Å². The van der Waals surface area contributed by atoms with Gasteiger partial charge >= 0.3 is 12.2 Å². The first-order valence-corrected chi connectivity index (χ1v) is 7.55. The van der Waals surface area contributed by atoms with Crippen molar-refractivity contribution in [3.63, 3.8) is 0 Å². The Hall–Kier alpha value is -2.21. The smallest absolute Gasteiger partial charge is 0.331 e. The molecule has 7 heteroatoms. The fourth-order valence-electron chi connectivity index (χ4n) is 2.09. The van der Waals surface area contributed by atoms with E-state index in [4.69, 9.17) is 11.6 Å². The van der Waals surface area contributed by atoms with Crippen LogP contribution in [0.1, 0.15) is 29.7 Å². The Morgan fingerprint density at radius 2 is 1.75 bits per heavy atom. The summed E-state index contributed by atoms with van der Waals surface area (Å²) in [5, 5.41) is 5.04. The van der Waals surface area contributed by atoms with Crippen molar-refractivity contribution in [3.8, 4) is 0 Å². The van der Waals surface area contributed by atoms with Crippen LogP contribution >= 0.6 is 11.6 Å². The van der Waals surface area contributed by atoms with Crippen molar-refractivity contribution in [1.29, 1.82) is 0 Å². The lowest BCUT2D eigenvalue weighted by atomic mass is 10.1. The number of benzene rings is 2. The molecule has 0 spiro atoms. The predicted molar refractivity (Wildman–Crippen MR) is 88.2 cm³/mol. The highest BCUT2D eigenvalue weighted by Crippen LogP contribution is 2.33. The highest BCUT2D eigenvalue weighted by atomic mass is 35.5. The lowest BCUT2D eigenvalue weighted by molar-refractivity contribution is -0.137. The van der Waals surface area contributed by atoms with Crippen LogP contribution in [0.3, 0.4) is 0 Å². The molecule has 0 aliphatic rings. The largest absolute Gasteiger partial charge is 0.416 e. The van der Waals surface area contributed by atoms with E-state index in [1.807, 2.05) is 31.2 Å². The molecule has 0 bridgehead atoms. The predicted octanol–water partition coefficient (Wildman–Crippen LogP) is 5.55. The number of anilines is 1. The molecule has 0 fully saturated rings. The Balaban J connectivity index is 2.08. The van der Waals surface area contributed by atoms with Gasteiger partial charge in [-0.05, 0) is 37.6 Å². The van der Waals surface area contributed by atoms with Crippen LogP contribution in [-0.4, -0.2) is 6.03 Å². The molecular weight excluding hydrogens is 341 g/mol. The summed E-state index contributed by atoms with van der Waals surface area (Å²) in [6, 6.07) is 9.39. The second-order valence-corrected chi connectivity index (χ2v) is 5.83. The molecule has 0 saturated carbocycles. The van der Waals surface area contributed by atoms with E-state index < -0.39 is 17.8 Å². The number of amides is 2. The first kappa shape index (κ1) is 18.1. The summed E-state index contributed by atoms with van der Waals surface area (Å²) in [7, 11) is 0. The van der Waals surface area contributed by atoms with Crippen LogP contribution in [-0.2, 0) is 6.18 Å². The third kappa shape index (κ3) is 4.64. The number of halogens is 4. The van der Waals surface area contributed by atoms with E-state index in [1.54, 1.807) is 6.92 Å². The van der Waals surface area contributed by atoms with Crippen LogP contribution < -0.4 is 10.6 Å². The van der Waals surface area contributed by atoms with Gasteiger partial charge in [0, 0.05) is 0 Å². The molecule has 2 amide bonds. The molecule has 0 unspecified atom stereocenters. The summed E-state index contributed by atoms with van der Waals surface area (Å²) in [5.41, 5.74) is 0.992. The van der Waals surface area contributed by atoms with E-state index in [0.717, 1.165) is 29.3 Å². The van der Waals surface area contributed by atoms with Crippen LogP contribution in [0.5, 0.6) is 0 Å². The number of urea groups is 1. The molecule has 128 valence electrons. The minimum absolute atomic E-state index is 0.0288. The average molecular weight is 357 g/mol. The fourth-order valence-corrected chi connectivity index (χ4v) is 2.26. The second kappa shape index (κ2) is 7.13. The number of rotatable bonds is 3. The van der Waals surface area contributed by atoms with Crippen molar-refractivity contribution in [3.05, 3.63) is 64.2 Å². The Kier molecular flexibility index (Phi) is 5.39. The maximum atomic E-state index is 12.7. The number of carbonyl (C=O) groups is 1. The van der Waals surface area contributed by atoms with Gasteiger partial charge < -0.3 is 10.6 Å². The molecule has 3 nitrogen and oxygen atoms in total. The SMILES string of the molecule is Cc1ccc([C@H](C)NC(=O)Nc2cc(C(F)(F)F)ccc2Cl)cc1. The molecule has 0 radical (unpaired) electrons. The molecule has 24 heavy (non-hydrogen) atoms. The molecule has 1 atom stereocenters. The van der Waals surface area contributed by atoms with Crippen molar-refractivity contribution in [2.24, 2.45) is 0 Å². The van der Waals surface area contributed by atoms with Gasteiger partial charge in [0.05, 0.1) is 22.3 Å². The summed E-state index contributed by atoms with van der Waals surface area (Å²) in [6.07, 6.45) is -4.51. The van der Waals surface area contributed by atoms with Crippen LogP contribution in [0.2, 0.25) is 5.02 Å². The van der Waals surface area contributed by atoms with E-state index in [9.17, 15) is 18.0 Å². The highest BCUT2D eigenvalue weighted by Gasteiger charge is 2.31. The van der Waals surface area contributed by atoms with Crippen LogP contribution in [0, 0.1) is 6.92 Å². The quantitative estimate of drug-likeness (QED) is 0.743. The molecule has 2 aromatic carbocycles. The molecular formula is C17H16ClF3N2O. The molecule has 2 rings (SSSR count). The molecule has 0 aliphatic heterocycles. The summed E-state index contributed by atoms with van der Waals surface area (Å²) in [5.74, 6) is 0. The third-order valence-electron chi connectivity index (χ3n) is 3.47. The van der Waals surface area contributed by atoms with E-state index in [1.165, 1.54) is 0 Å². The lowest BCUT2D eigenvalue weighted by Crippen LogP contribution is -2.31. The monoisotopic (exact) mass is 356 g/mol. The van der Waals surface area contributed by atoms with Crippen LogP contribution in [0.25, 0.3) is 0 Å². The Morgan fingerprint density at radius 1 is 1.12 bits per heavy atom. The first-order chi connectivity index (χ1) is 11.2. The summed E-state index contributed by atoms with van der Waals surface area (Å²) in [6.45, 7) is 3.72. The zero-order valence-electron chi connectivity index (χ0n) is 13.0. The Morgan fingerprint density at radius 3 is 2.33 bits per heavy atom. The number of alkyl halides is 3. The van der Waals surface area contributed by atoms with Gasteiger partial charge in [0.1, 0.15) is 0 Å². The van der Waals surface area contributed by atoms with Crippen molar-refractivity contribution >= 4 is 23.3 Å². The lowest BCUT2D eigenvalue weighted by Gasteiger charge is -2.16. The van der Waals surface area contributed by atoms with E-state index in [2.05, 4.69) is 10.6 Å². The zero-order chi connectivity index (χ0) is 17.9. The fraction of sp³-hybridized carbons (Fsp3) is 0.235. The molecule has 0 aromatic heterocycles. The van der Waals surface area contributed by atoms with Crippen molar-refractivity contribution in [2.45, 2.75) is 26.1 Å². The van der Waals surface area contributed by atoms with Gasteiger partial charge in [0.15, 0.2) is 0 Å². The highest BCUT2D eigenvalue weighted by molar-refractivity contribution is 6.33. The second-order valence-electron chi connectivity index (χ2n) is 5.42. The van der Waals surface area contributed by atoms with Gasteiger partial charge in [-0.3, -0.25) is 0 Å². The Bertz CT molecular complexity index is 730. The normalized spacial score (nSPS) is 12.6. The van der Waals surface area contributed by atoms with Crippen molar-refractivity contribution < 1.29 is 18.0 Å². The molecule has 0 saturated heterocycles. The van der Waals surface area contributed by atoms with E-state index >= 15 is 0 Å². The van der Waals surface area contributed by atoms with Crippen molar-refractivity contribution in [2.75, 3.05) is 5.32 Å². The van der Waals surface area contributed by atoms with E-state index in [0.29, 0.717) is 0 Å². The third-order valence-corrected chi connectivity index (χ3v) is 3.80. The number of hydrogen-bond donors (Lipinski definition) is 2. The minimum Gasteiger partial charge on any atom is -0.331 e. The standard InChI is InChI=1S/C17H16ClF3N2O/c1-10-3-5-12(6-4-10)11(2)22-16(24)23-15-9-13(17(19,20)21)7-8-14(15)18/h3-9,11H,1-2H3,(H2,22,23,24)/t11-/m0/s1. The Labute approximate surface area is 142 Å². The first-order valence-electron chi connectivity index (χ1n) is 7.17. The maximum absolute atomic E-state index is 12.7. The molecule has 0 heterocycles.